The van der Waals surface area contributed by atoms with Crippen LogP contribution >= 0.6 is 0 Å². The number of hydrogen-bond donors (Lipinski definition) is 0. The van der Waals surface area contributed by atoms with Gasteiger partial charge in [0.1, 0.15) is 6.29 Å². The van der Waals surface area contributed by atoms with Gasteiger partial charge < -0.3 is 0 Å². The number of fused-ring (bicyclic) bond motifs is 2. The predicted molar refractivity (Wildman–Crippen MR) is 92.3 cm³/mol. The van der Waals surface area contributed by atoms with Gasteiger partial charge in [-0.15, -0.1) is 0 Å². The van der Waals surface area contributed by atoms with Crippen molar-refractivity contribution in [2.75, 3.05) is 0 Å². The van der Waals surface area contributed by atoms with E-state index in [1.807, 2.05) is 42.5 Å². The van der Waals surface area contributed by atoms with Crippen molar-refractivity contribution in [2.24, 2.45) is 0 Å². The summed E-state index contributed by atoms with van der Waals surface area (Å²) >= 11 is 0. The smallest absolute Gasteiger partial charge is 0.150 e. The normalized spacial score (nSPS) is 14.3. The summed E-state index contributed by atoms with van der Waals surface area (Å²) in [7, 11) is 0. The molecule has 2 nitrogen and oxygen atoms in total. The van der Waals surface area contributed by atoms with Gasteiger partial charge in [-0.25, -0.2) is 0 Å². The van der Waals surface area contributed by atoms with Gasteiger partial charge in [0.05, 0.1) is 0 Å². The van der Waals surface area contributed by atoms with Crippen LogP contribution in [-0.4, -0.2) is 12.6 Å². The van der Waals surface area contributed by atoms with Gasteiger partial charge in [0.15, 0.2) is 6.29 Å². The van der Waals surface area contributed by atoms with E-state index >= 15 is 0 Å². The highest BCUT2D eigenvalue weighted by atomic mass is 16.1. The fraction of sp³-hybridized carbons (Fsp3) is 0.143. The summed E-state index contributed by atoms with van der Waals surface area (Å²) in [5.74, 6) is 0. The van der Waals surface area contributed by atoms with Crippen LogP contribution in [0.2, 0.25) is 0 Å². The molecular weight excluding hydrogens is 284 g/mol. The van der Waals surface area contributed by atoms with Gasteiger partial charge in [-0.3, -0.25) is 9.59 Å². The summed E-state index contributed by atoms with van der Waals surface area (Å²) in [6.07, 6.45) is 1.81. The summed E-state index contributed by atoms with van der Waals surface area (Å²) in [5, 5.41) is 2.14. The lowest BCUT2D eigenvalue weighted by Gasteiger charge is -2.35. The first-order valence-electron chi connectivity index (χ1n) is 7.69. The van der Waals surface area contributed by atoms with E-state index in [0.29, 0.717) is 5.56 Å². The molecule has 0 atom stereocenters. The summed E-state index contributed by atoms with van der Waals surface area (Å²) in [5.41, 5.74) is 5.81. The standard InChI is InChI=1S/C21H16O2/c1-21(2)18-5-3-4-15-14(12-23)7-9-17(20(15)18)16-8-6-13(11-22)10-19(16)21/h3-12H,1-2H3. The Hall–Kier alpha value is -2.74. The molecule has 0 fully saturated rings. The molecule has 23 heavy (non-hydrogen) atoms. The maximum atomic E-state index is 11.4. The third-order valence-electron chi connectivity index (χ3n) is 5.02. The van der Waals surface area contributed by atoms with Gasteiger partial charge in [0, 0.05) is 16.5 Å². The Morgan fingerprint density at radius 3 is 2.35 bits per heavy atom. The largest absolute Gasteiger partial charge is 0.298 e. The van der Waals surface area contributed by atoms with Crippen molar-refractivity contribution in [1.82, 2.24) is 0 Å². The quantitative estimate of drug-likeness (QED) is 0.639. The van der Waals surface area contributed by atoms with E-state index in [-0.39, 0.29) is 5.41 Å². The Morgan fingerprint density at radius 1 is 0.826 bits per heavy atom. The SMILES string of the molecule is CC1(C)c2cc(C=O)ccc2-c2ccc(C=O)c3cccc1c23. The first-order valence-corrected chi connectivity index (χ1v) is 7.69. The van der Waals surface area contributed by atoms with Crippen LogP contribution in [0.3, 0.4) is 0 Å². The third-order valence-corrected chi connectivity index (χ3v) is 5.02. The topological polar surface area (TPSA) is 34.1 Å². The second-order valence-electron chi connectivity index (χ2n) is 6.60. The molecule has 0 radical (unpaired) electrons. The molecule has 0 bridgehead atoms. The summed E-state index contributed by atoms with van der Waals surface area (Å²) < 4.78 is 0. The van der Waals surface area contributed by atoms with Crippen molar-refractivity contribution in [3.63, 3.8) is 0 Å². The molecule has 0 unspecified atom stereocenters. The molecule has 0 aromatic heterocycles. The van der Waals surface area contributed by atoms with Crippen molar-refractivity contribution >= 4 is 23.3 Å². The van der Waals surface area contributed by atoms with Gasteiger partial charge in [-0.05, 0) is 39.1 Å². The average Bonchev–Trinajstić information content (AvgIpc) is 2.59. The molecular formula is C21H16O2. The first-order chi connectivity index (χ1) is 11.1. The number of benzene rings is 3. The second kappa shape index (κ2) is 4.63. The second-order valence-corrected chi connectivity index (χ2v) is 6.60. The monoisotopic (exact) mass is 300 g/mol. The highest BCUT2D eigenvalue weighted by Crippen LogP contribution is 2.48. The number of aldehydes is 2. The van der Waals surface area contributed by atoms with E-state index in [4.69, 9.17) is 0 Å². The van der Waals surface area contributed by atoms with Crippen molar-refractivity contribution < 1.29 is 9.59 Å². The van der Waals surface area contributed by atoms with Crippen LogP contribution in [0.4, 0.5) is 0 Å². The van der Waals surface area contributed by atoms with Gasteiger partial charge in [-0.2, -0.15) is 0 Å². The van der Waals surface area contributed by atoms with Gasteiger partial charge in [0.2, 0.25) is 0 Å². The minimum absolute atomic E-state index is 0.220. The molecule has 2 heteroatoms. The zero-order valence-corrected chi connectivity index (χ0v) is 13.1. The fourth-order valence-corrected chi connectivity index (χ4v) is 3.81. The van der Waals surface area contributed by atoms with Crippen LogP contribution in [0.5, 0.6) is 0 Å². The molecule has 3 aromatic carbocycles. The van der Waals surface area contributed by atoms with E-state index in [2.05, 4.69) is 19.9 Å². The Morgan fingerprint density at radius 2 is 1.61 bits per heavy atom. The average molecular weight is 300 g/mol. The lowest BCUT2D eigenvalue weighted by molar-refractivity contribution is 0.111. The highest BCUT2D eigenvalue weighted by Gasteiger charge is 2.33. The van der Waals surface area contributed by atoms with E-state index in [1.165, 1.54) is 5.56 Å². The number of carbonyl (C=O) groups excluding carboxylic acids is 2. The Kier molecular flexibility index (Phi) is 2.79. The maximum absolute atomic E-state index is 11.4. The van der Waals surface area contributed by atoms with Gasteiger partial charge in [-0.1, -0.05) is 56.3 Å². The first kappa shape index (κ1) is 13.9. The molecule has 0 saturated heterocycles. The zero-order valence-electron chi connectivity index (χ0n) is 13.1. The molecule has 0 heterocycles. The van der Waals surface area contributed by atoms with Gasteiger partial charge in [0.25, 0.3) is 0 Å². The lowest BCUT2D eigenvalue weighted by atomic mass is 9.68. The minimum Gasteiger partial charge on any atom is -0.298 e. The highest BCUT2D eigenvalue weighted by molar-refractivity contribution is 6.09. The molecule has 112 valence electrons. The van der Waals surface area contributed by atoms with E-state index in [1.54, 1.807) is 0 Å². The van der Waals surface area contributed by atoms with Crippen LogP contribution in [-0.2, 0) is 5.41 Å². The van der Waals surface area contributed by atoms with Crippen LogP contribution in [0, 0.1) is 0 Å². The summed E-state index contributed by atoms with van der Waals surface area (Å²) in [4.78, 5) is 22.6. The summed E-state index contributed by atoms with van der Waals surface area (Å²) in [6, 6.07) is 15.9. The Balaban J connectivity index is 2.21. The van der Waals surface area contributed by atoms with Gasteiger partial charge >= 0.3 is 0 Å². The van der Waals surface area contributed by atoms with E-state index in [0.717, 1.165) is 45.6 Å². The molecule has 0 amide bonds. The number of rotatable bonds is 2. The van der Waals surface area contributed by atoms with E-state index < -0.39 is 0 Å². The molecule has 0 N–H and O–H groups in total. The lowest BCUT2D eigenvalue weighted by Crippen LogP contribution is -2.24. The number of carbonyl (C=O) groups is 2. The van der Waals surface area contributed by atoms with Crippen molar-refractivity contribution in [1.29, 1.82) is 0 Å². The predicted octanol–water partition coefficient (Wildman–Crippen LogP) is 4.77. The molecule has 0 saturated carbocycles. The number of hydrogen-bond acceptors (Lipinski definition) is 2. The maximum Gasteiger partial charge on any atom is 0.150 e. The zero-order chi connectivity index (χ0) is 16.2. The molecule has 0 aliphatic heterocycles. The van der Waals surface area contributed by atoms with E-state index in [9.17, 15) is 9.59 Å². The minimum atomic E-state index is -0.220. The molecule has 4 rings (SSSR count). The molecule has 0 spiro atoms. The van der Waals surface area contributed by atoms with Crippen LogP contribution < -0.4 is 0 Å². The molecule has 1 aliphatic carbocycles. The van der Waals surface area contributed by atoms with Crippen LogP contribution in [0.1, 0.15) is 45.7 Å². The van der Waals surface area contributed by atoms with Crippen molar-refractivity contribution in [3.05, 3.63) is 70.8 Å². The third kappa shape index (κ3) is 1.75. The summed E-state index contributed by atoms with van der Waals surface area (Å²) in [6.45, 7) is 4.34. The van der Waals surface area contributed by atoms with Crippen molar-refractivity contribution in [2.45, 2.75) is 19.3 Å². The molecule has 1 aliphatic rings. The van der Waals surface area contributed by atoms with Crippen LogP contribution in [0.15, 0.2) is 48.5 Å². The Labute approximate surface area is 134 Å². The fourth-order valence-electron chi connectivity index (χ4n) is 3.81. The van der Waals surface area contributed by atoms with Crippen molar-refractivity contribution in [3.8, 4) is 11.1 Å². The Bertz CT molecular complexity index is 981. The molecule has 3 aromatic rings. The van der Waals surface area contributed by atoms with Crippen LogP contribution in [0.25, 0.3) is 21.9 Å².